The Kier molecular flexibility index (Phi) is 4.46. The van der Waals surface area contributed by atoms with E-state index in [0.717, 1.165) is 31.5 Å². The van der Waals surface area contributed by atoms with Crippen LogP contribution in [0, 0.1) is 5.92 Å². The highest BCUT2D eigenvalue weighted by Gasteiger charge is 2.32. The molecule has 2 atom stereocenters. The fraction of sp³-hybridized carbons (Fsp3) is 0.583. The zero-order chi connectivity index (χ0) is 14.0. The van der Waals surface area contributed by atoms with Gasteiger partial charge in [0.2, 0.25) is 0 Å². The molecule has 2 unspecified atom stereocenters. The van der Waals surface area contributed by atoms with E-state index in [1.54, 1.807) is 0 Å². The lowest BCUT2D eigenvalue weighted by Gasteiger charge is -2.20. The first-order chi connectivity index (χ1) is 8.91. The summed E-state index contributed by atoms with van der Waals surface area (Å²) >= 11 is 11.7. The van der Waals surface area contributed by atoms with Gasteiger partial charge in [0.05, 0.1) is 10.6 Å². The minimum atomic E-state index is -4.43. The molecule has 1 aromatic heterocycles. The first-order valence-corrected chi connectivity index (χ1v) is 6.88. The van der Waals surface area contributed by atoms with Gasteiger partial charge in [-0.2, -0.15) is 13.2 Å². The second kappa shape index (κ2) is 5.75. The van der Waals surface area contributed by atoms with Crippen molar-refractivity contribution in [2.45, 2.75) is 31.5 Å². The van der Waals surface area contributed by atoms with Crippen molar-refractivity contribution < 1.29 is 13.2 Å². The standard InChI is InChI=1S/C12H13Cl2F3N2/c13-5-7-2-1-3-10(7)19-11-9(14)4-8(6-18-11)12(15,16)17/h4,6-7,10H,1-3,5H2,(H,18,19). The minimum Gasteiger partial charge on any atom is -0.366 e. The van der Waals surface area contributed by atoms with E-state index in [0.29, 0.717) is 11.8 Å². The van der Waals surface area contributed by atoms with Crippen molar-refractivity contribution in [3.8, 4) is 0 Å². The molecule has 0 spiro atoms. The van der Waals surface area contributed by atoms with Crippen LogP contribution >= 0.6 is 23.2 Å². The molecule has 19 heavy (non-hydrogen) atoms. The summed E-state index contributed by atoms with van der Waals surface area (Å²) in [7, 11) is 0. The summed E-state index contributed by atoms with van der Waals surface area (Å²) < 4.78 is 37.5. The molecule has 0 aliphatic heterocycles. The van der Waals surface area contributed by atoms with Crippen LogP contribution in [0.2, 0.25) is 5.02 Å². The summed E-state index contributed by atoms with van der Waals surface area (Å²) in [5, 5.41) is 3.08. The molecule has 1 aromatic rings. The van der Waals surface area contributed by atoms with Gasteiger partial charge in [0, 0.05) is 18.1 Å². The smallest absolute Gasteiger partial charge is 0.366 e. The molecule has 0 radical (unpaired) electrons. The van der Waals surface area contributed by atoms with Crippen LogP contribution in [-0.2, 0) is 6.18 Å². The summed E-state index contributed by atoms with van der Waals surface area (Å²) in [6, 6.07) is 1.01. The lowest BCUT2D eigenvalue weighted by molar-refractivity contribution is -0.137. The molecule has 106 valence electrons. The van der Waals surface area contributed by atoms with Crippen LogP contribution < -0.4 is 5.32 Å². The number of hydrogen-bond donors (Lipinski definition) is 1. The highest BCUT2D eigenvalue weighted by atomic mass is 35.5. The maximum Gasteiger partial charge on any atom is 0.417 e. The van der Waals surface area contributed by atoms with Gasteiger partial charge in [-0.25, -0.2) is 4.98 Å². The van der Waals surface area contributed by atoms with Crippen molar-refractivity contribution in [1.82, 2.24) is 4.98 Å². The van der Waals surface area contributed by atoms with E-state index in [4.69, 9.17) is 23.2 Å². The van der Waals surface area contributed by atoms with E-state index in [2.05, 4.69) is 10.3 Å². The number of halogens is 5. The van der Waals surface area contributed by atoms with Gasteiger partial charge in [-0.3, -0.25) is 0 Å². The molecule has 1 fully saturated rings. The zero-order valence-corrected chi connectivity index (χ0v) is 11.5. The Bertz CT molecular complexity index is 451. The van der Waals surface area contributed by atoms with Crippen LogP contribution in [0.5, 0.6) is 0 Å². The number of alkyl halides is 4. The molecular formula is C12H13Cl2F3N2. The molecule has 2 rings (SSSR count). The van der Waals surface area contributed by atoms with Crippen molar-refractivity contribution in [1.29, 1.82) is 0 Å². The van der Waals surface area contributed by atoms with Crippen molar-refractivity contribution in [3.05, 3.63) is 22.8 Å². The summed E-state index contributed by atoms with van der Waals surface area (Å²) in [6.07, 6.45) is -0.650. The highest BCUT2D eigenvalue weighted by Crippen LogP contribution is 2.34. The number of pyridine rings is 1. The van der Waals surface area contributed by atoms with Crippen molar-refractivity contribution in [3.63, 3.8) is 0 Å². The number of aromatic nitrogens is 1. The topological polar surface area (TPSA) is 24.9 Å². The van der Waals surface area contributed by atoms with Crippen molar-refractivity contribution >= 4 is 29.0 Å². The molecule has 0 bridgehead atoms. The summed E-state index contributed by atoms with van der Waals surface area (Å²) in [4.78, 5) is 3.77. The number of nitrogens with zero attached hydrogens (tertiary/aromatic N) is 1. The van der Waals surface area contributed by atoms with Gasteiger partial charge in [0.15, 0.2) is 0 Å². The quantitative estimate of drug-likeness (QED) is 0.827. The van der Waals surface area contributed by atoms with E-state index >= 15 is 0 Å². The largest absolute Gasteiger partial charge is 0.417 e. The first kappa shape index (κ1) is 14.7. The van der Waals surface area contributed by atoms with E-state index in [-0.39, 0.29) is 16.9 Å². The number of anilines is 1. The lowest BCUT2D eigenvalue weighted by Crippen LogP contribution is -2.25. The van der Waals surface area contributed by atoms with Gasteiger partial charge in [0.25, 0.3) is 0 Å². The monoisotopic (exact) mass is 312 g/mol. The Balaban J connectivity index is 2.13. The molecule has 0 aromatic carbocycles. The van der Waals surface area contributed by atoms with Gasteiger partial charge in [0.1, 0.15) is 5.82 Å². The third-order valence-corrected chi connectivity index (χ3v) is 4.03. The van der Waals surface area contributed by atoms with Crippen LogP contribution in [0.3, 0.4) is 0 Å². The SMILES string of the molecule is FC(F)(F)c1cnc(NC2CCCC2CCl)c(Cl)c1. The second-order valence-corrected chi connectivity index (χ2v) is 5.36. The number of rotatable bonds is 3. The maximum atomic E-state index is 12.5. The molecular weight excluding hydrogens is 300 g/mol. The predicted octanol–water partition coefficient (Wildman–Crippen LogP) is 4.57. The molecule has 1 heterocycles. The van der Waals surface area contributed by atoms with Crippen LogP contribution in [0.15, 0.2) is 12.3 Å². The summed E-state index contributed by atoms with van der Waals surface area (Å²) in [6.45, 7) is 0. The molecule has 1 aliphatic carbocycles. The van der Waals surface area contributed by atoms with E-state index < -0.39 is 11.7 Å². The van der Waals surface area contributed by atoms with Gasteiger partial charge >= 0.3 is 6.18 Å². The highest BCUT2D eigenvalue weighted by molar-refractivity contribution is 6.33. The molecule has 2 nitrogen and oxygen atoms in total. The Hall–Kier alpha value is -0.680. The van der Waals surface area contributed by atoms with Gasteiger partial charge in [-0.05, 0) is 24.8 Å². The van der Waals surface area contributed by atoms with Crippen LogP contribution in [-0.4, -0.2) is 16.9 Å². The normalized spacial score (nSPS) is 23.6. The van der Waals surface area contributed by atoms with Gasteiger partial charge in [-0.15, -0.1) is 11.6 Å². The lowest BCUT2D eigenvalue weighted by atomic mass is 10.1. The molecule has 7 heteroatoms. The predicted molar refractivity (Wildman–Crippen MR) is 69.7 cm³/mol. The molecule has 0 saturated heterocycles. The Morgan fingerprint density at radius 2 is 2.11 bits per heavy atom. The molecule has 1 saturated carbocycles. The van der Waals surface area contributed by atoms with Crippen molar-refractivity contribution in [2.75, 3.05) is 11.2 Å². The van der Waals surface area contributed by atoms with Crippen molar-refractivity contribution in [2.24, 2.45) is 5.92 Å². The van der Waals surface area contributed by atoms with Crippen LogP contribution in [0.25, 0.3) is 0 Å². The summed E-state index contributed by atoms with van der Waals surface area (Å²) in [5.41, 5.74) is -0.844. The second-order valence-electron chi connectivity index (χ2n) is 4.65. The van der Waals surface area contributed by atoms with Gasteiger partial charge in [-0.1, -0.05) is 18.0 Å². The van der Waals surface area contributed by atoms with E-state index in [1.165, 1.54) is 0 Å². The minimum absolute atomic E-state index is 0.0185. The number of nitrogens with one attached hydrogen (secondary N) is 1. The Labute approximate surface area is 119 Å². The van der Waals surface area contributed by atoms with Crippen LogP contribution in [0.4, 0.5) is 19.0 Å². The average Bonchev–Trinajstić information content (AvgIpc) is 2.77. The Morgan fingerprint density at radius 3 is 2.68 bits per heavy atom. The average molecular weight is 313 g/mol. The van der Waals surface area contributed by atoms with E-state index in [9.17, 15) is 13.2 Å². The van der Waals surface area contributed by atoms with Gasteiger partial charge < -0.3 is 5.32 Å². The zero-order valence-electron chi connectivity index (χ0n) is 9.97. The Morgan fingerprint density at radius 1 is 1.37 bits per heavy atom. The third-order valence-electron chi connectivity index (χ3n) is 3.35. The summed E-state index contributed by atoms with van der Waals surface area (Å²) in [5.74, 6) is 1.12. The molecule has 1 aliphatic rings. The third kappa shape index (κ3) is 3.45. The maximum absolute atomic E-state index is 12.5. The van der Waals surface area contributed by atoms with E-state index in [1.807, 2.05) is 0 Å². The molecule has 1 N–H and O–H groups in total. The fourth-order valence-electron chi connectivity index (χ4n) is 2.29. The molecule has 0 amide bonds. The van der Waals surface area contributed by atoms with Crippen LogP contribution in [0.1, 0.15) is 24.8 Å². The number of hydrogen-bond acceptors (Lipinski definition) is 2. The fourth-order valence-corrected chi connectivity index (χ4v) is 2.88. The first-order valence-electron chi connectivity index (χ1n) is 5.97.